The number of hydrogen-bond acceptors (Lipinski definition) is 6. The molecule has 0 saturated carbocycles. The van der Waals surface area contributed by atoms with Crippen LogP contribution < -0.4 is 14.2 Å². The number of carbonyl (C=O) groups is 1. The number of sulfonamides is 1. The highest BCUT2D eigenvalue weighted by molar-refractivity contribution is 7.89. The minimum Gasteiger partial charge on any atom is -0.486 e. The van der Waals surface area contributed by atoms with Gasteiger partial charge in [0.15, 0.2) is 11.5 Å². The third-order valence-corrected chi connectivity index (χ3v) is 6.26. The van der Waals surface area contributed by atoms with E-state index in [2.05, 4.69) is 4.72 Å². The van der Waals surface area contributed by atoms with E-state index in [1.165, 1.54) is 12.1 Å². The van der Waals surface area contributed by atoms with Crippen LogP contribution in [0.2, 0.25) is 10.0 Å². The van der Waals surface area contributed by atoms with Crippen LogP contribution in [0.15, 0.2) is 41.3 Å². The number of ether oxygens (including phenoxy) is 3. The summed E-state index contributed by atoms with van der Waals surface area (Å²) in [6.45, 7) is 0.962. The van der Waals surface area contributed by atoms with Crippen molar-refractivity contribution < 1.29 is 27.4 Å². The van der Waals surface area contributed by atoms with E-state index in [-0.39, 0.29) is 24.5 Å². The first-order valence-corrected chi connectivity index (χ1v) is 11.1. The number of halogens is 2. The summed E-state index contributed by atoms with van der Waals surface area (Å²) in [5, 5.41) is 0.806. The van der Waals surface area contributed by atoms with Crippen molar-refractivity contribution in [2.45, 2.75) is 24.3 Å². The number of rotatable bonds is 8. The van der Waals surface area contributed by atoms with Crippen LogP contribution in [-0.2, 0) is 26.2 Å². The Morgan fingerprint density at radius 1 is 1.03 bits per heavy atom. The molecular weight excluding hydrogens is 441 g/mol. The first-order valence-electron chi connectivity index (χ1n) is 8.84. The minimum absolute atomic E-state index is 0.0681. The van der Waals surface area contributed by atoms with Crippen LogP contribution in [0.4, 0.5) is 0 Å². The Bertz CT molecular complexity index is 996. The minimum atomic E-state index is -3.72. The molecule has 0 fully saturated rings. The maximum Gasteiger partial charge on any atom is 0.306 e. The molecule has 0 amide bonds. The number of fused-ring (bicyclic) bond motifs is 1. The molecule has 1 heterocycles. The van der Waals surface area contributed by atoms with Crippen molar-refractivity contribution in [3.8, 4) is 11.5 Å². The van der Waals surface area contributed by atoms with Crippen molar-refractivity contribution in [1.82, 2.24) is 4.72 Å². The van der Waals surface area contributed by atoms with Crippen LogP contribution in [0.5, 0.6) is 11.5 Å². The van der Waals surface area contributed by atoms with E-state index in [0.29, 0.717) is 46.7 Å². The lowest BCUT2D eigenvalue weighted by atomic mass is 10.2. The summed E-state index contributed by atoms with van der Waals surface area (Å²) in [6.07, 6.45) is 0.370. The van der Waals surface area contributed by atoms with Gasteiger partial charge < -0.3 is 14.2 Å². The maximum atomic E-state index is 12.4. The molecule has 0 atom stereocenters. The summed E-state index contributed by atoms with van der Waals surface area (Å²) < 4.78 is 43.2. The zero-order valence-corrected chi connectivity index (χ0v) is 17.6. The van der Waals surface area contributed by atoms with E-state index in [1.54, 1.807) is 24.3 Å². The molecule has 3 rings (SSSR count). The van der Waals surface area contributed by atoms with Crippen molar-refractivity contribution in [2.75, 3.05) is 19.8 Å². The molecule has 0 spiro atoms. The standard InChI is InChI=1S/C19H19Cl2NO6S/c20-15-5-3-13(10-16(15)21)12-28-19(23)2-1-7-22-29(24,25)14-4-6-17-18(11-14)27-9-8-26-17/h3-6,10-11,22H,1-2,7-9,12H2. The van der Waals surface area contributed by atoms with E-state index in [4.69, 9.17) is 37.4 Å². The SMILES string of the molecule is O=C(CCCNS(=O)(=O)c1ccc2c(c1)OCCO2)OCc1ccc(Cl)c(Cl)c1. The second-order valence-electron chi connectivity index (χ2n) is 6.22. The molecule has 0 unspecified atom stereocenters. The monoisotopic (exact) mass is 459 g/mol. The Kier molecular flexibility index (Phi) is 7.23. The van der Waals surface area contributed by atoms with E-state index in [9.17, 15) is 13.2 Å². The maximum absolute atomic E-state index is 12.4. The van der Waals surface area contributed by atoms with Crippen LogP contribution in [0.3, 0.4) is 0 Å². The summed E-state index contributed by atoms with van der Waals surface area (Å²) in [6, 6.07) is 9.38. The van der Waals surface area contributed by atoms with E-state index in [0.717, 1.165) is 0 Å². The lowest BCUT2D eigenvalue weighted by Crippen LogP contribution is -2.25. The van der Waals surface area contributed by atoms with Crippen molar-refractivity contribution in [3.05, 3.63) is 52.0 Å². The van der Waals surface area contributed by atoms with Gasteiger partial charge in [-0.3, -0.25) is 4.79 Å². The molecule has 29 heavy (non-hydrogen) atoms. The molecule has 0 radical (unpaired) electrons. The van der Waals surface area contributed by atoms with Gasteiger partial charge in [0.1, 0.15) is 19.8 Å². The topological polar surface area (TPSA) is 90.9 Å². The number of nitrogens with one attached hydrogen (secondary N) is 1. The summed E-state index contributed by atoms with van der Waals surface area (Å²) in [5.41, 5.74) is 0.715. The Labute approximate surface area is 178 Å². The molecule has 7 nitrogen and oxygen atoms in total. The number of benzene rings is 2. The quantitative estimate of drug-likeness (QED) is 0.479. The highest BCUT2D eigenvalue weighted by Crippen LogP contribution is 2.32. The Hall–Kier alpha value is -2.00. The summed E-state index contributed by atoms with van der Waals surface area (Å²) in [4.78, 5) is 11.9. The number of carbonyl (C=O) groups excluding carboxylic acids is 1. The molecule has 0 bridgehead atoms. The van der Waals surface area contributed by atoms with E-state index < -0.39 is 16.0 Å². The highest BCUT2D eigenvalue weighted by Gasteiger charge is 2.19. The molecule has 1 aliphatic heterocycles. The van der Waals surface area contributed by atoms with Gasteiger partial charge in [-0.2, -0.15) is 0 Å². The molecule has 0 aliphatic carbocycles. The largest absolute Gasteiger partial charge is 0.486 e. The summed E-state index contributed by atoms with van der Waals surface area (Å²) >= 11 is 11.7. The first kappa shape index (κ1) is 21.7. The average Bonchev–Trinajstić information content (AvgIpc) is 2.71. The Morgan fingerprint density at radius 2 is 1.79 bits per heavy atom. The predicted octanol–water partition coefficient (Wildman–Crippen LogP) is 3.57. The van der Waals surface area contributed by atoms with Crippen LogP contribution >= 0.6 is 23.2 Å². The number of esters is 1. The summed E-state index contributed by atoms with van der Waals surface area (Å²) in [7, 11) is -3.72. The molecule has 156 valence electrons. The number of hydrogen-bond donors (Lipinski definition) is 1. The third kappa shape index (κ3) is 5.99. The van der Waals surface area contributed by atoms with Gasteiger partial charge in [0.2, 0.25) is 10.0 Å². The molecule has 1 N–H and O–H groups in total. The van der Waals surface area contributed by atoms with Gasteiger partial charge >= 0.3 is 5.97 Å². The fourth-order valence-corrected chi connectivity index (χ4v) is 3.99. The highest BCUT2D eigenvalue weighted by atomic mass is 35.5. The normalized spacial score (nSPS) is 13.2. The lowest BCUT2D eigenvalue weighted by Gasteiger charge is -2.18. The van der Waals surface area contributed by atoms with Gasteiger partial charge in [-0.25, -0.2) is 13.1 Å². The zero-order valence-electron chi connectivity index (χ0n) is 15.3. The smallest absolute Gasteiger partial charge is 0.306 e. The lowest BCUT2D eigenvalue weighted by molar-refractivity contribution is -0.145. The zero-order chi connectivity index (χ0) is 20.9. The average molecular weight is 460 g/mol. The Balaban J connectivity index is 1.43. The van der Waals surface area contributed by atoms with Gasteiger partial charge in [-0.1, -0.05) is 29.3 Å². The van der Waals surface area contributed by atoms with Crippen LogP contribution in [0.25, 0.3) is 0 Å². The van der Waals surface area contributed by atoms with Crippen LogP contribution in [0.1, 0.15) is 18.4 Å². The third-order valence-electron chi connectivity index (χ3n) is 4.06. The van der Waals surface area contributed by atoms with Gasteiger partial charge in [0.05, 0.1) is 14.9 Å². The molecule has 2 aromatic rings. The molecule has 1 aliphatic rings. The van der Waals surface area contributed by atoms with Gasteiger partial charge in [-0.05, 0) is 36.2 Å². The first-order chi connectivity index (χ1) is 13.8. The van der Waals surface area contributed by atoms with Crippen LogP contribution in [0, 0.1) is 0 Å². The van der Waals surface area contributed by atoms with Gasteiger partial charge in [0.25, 0.3) is 0 Å². The van der Waals surface area contributed by atoms with Crippen molar-refractivity contribution >= 4 is 39.2 Å². The predicted molar refractivity (Wildman–Crippen MR) is 108 cm³/mol. The van der Waals surface area contributed by atoms with E-state index in [1.807, 2.05) is 0 Å². The van der Waals surface area contributed by atoms with Crippen molar-refractivity contribution in [3.63, 3.8) is 0 Å². The molecular formula is C19H19Cl2NO6S. The van der Waals surface area contributed by atoms with Gasteiger partial charge in [0, 0.05) is 19.0 Å². The molecule has 0 saturated heterocycles. The fraction of sp³-hybridized carbons (Fsp3) is 0.316. The van der Waals surface area contributed by atoms with E-state index >= 15 is 0 Å². The fourth-order valence-electron chi connectivity index (χ4n) is 2.58. The Morgan fingerprint density at radius 3 is 2.55 bits per heavy atom. The molecule has 0 aromatic heterocycles. The molecule has 10 heteroatoms. The van der Waals surface area contributed by atoms with Crippen molar-refractivity contribution in [1.29, 1.82) is 0 Å². The van der Waals surface area contributed by atoms with Crippen molar-refractivity contribution in [2.24, 2.45) is 0 Å². The summed E-state index contributed by atoms with van der Waals surface area (Å²) in [5.74, 6) is 0.472. The second kappa shape index (κ2) is 9.67. The van der Waals surface area contributed by atoms with Gasteiger partial charge in [-0.15, -0.1) is 0 Å². The van der Waals surface area contributed by atoms with Crippen LogP contribution in [-0.4, -0.2) is 34.1 Å². The molecule has 2 aromatic carbocycles. The second-order valence-corrected chi connectivity index (χ2v) is 8.80.